The zero-order valence-corrected chi connectivity index (χ0v) is 11.8. The number of nitrogens with zero attached hydrogens (tertiary/aromatic N) is 1. The zero-order chi connectivity index (χ0) is 14.7. The van der Waals surface area contributed by atoms with E-state index in [-0.39, 0.29) is 11.7 Å². The van der Waals surface area contributed by atoms with E-state index in [0.717, 1.165) is 18.5 Å². The molecule has 2 rings (SSSR count). The highest BCUT2D eigenvalue weighted by molar-refractivity contribution is 5.98. The molecule has 1 aliphatic rings. The molecule has 1 heterocycles. The van der Waals surface area contributed by atoms with Crippen molar-refractivity contribution in [2.45, 2.75) is 45.6 Å². The van der Waals surface area contributed by atoms with Crippen molar-refractivity contribution >= 4 is 17.6 Å². The number of carbonyl (C=O) groups is 2. The summed E-state index contributed by atoms with van der Waals surface area (Å²) in [5.74, 6) is 0.0610. The monoisotopic (exact) mass is 276 g/mol. The Hall–Kier alpha value is -1.91. The predicted octanol–water partition coefficient (Wildman–Crippen LogP) is 2.51. The number of hydrogen-bond donors (Lipinski definition) is 2. The highest BCUT2D eigenvalue weighted by Crippen LogP contribution is 2.22. The third kappa shape index (κ3) is 3.35. The standard InChI is InChI=1S/C15H20N2O3/c1-9(2)8-12(15(19)20)17-14-7-6-10-11(16-14)4-3-5-13(10)18/h6-7,9,12H,3-5,8H2,1-2H3,(H,16,17)(H,19,20)/t12-/m0/s1. The number of hydrogen-bond acceptors (Lipinski definition) is 4. The number of rotatable bonds is 5. The molecule has 0 aromatic carbocycles. The van der Waals surface area contributed by atoms with E-state index in [0.29, 0.717) is 24.2 Å². The van der Waals surface area contributed by atoms with Crippen molar-refractivity contribution < 1.29 is 14.7 Å². The maximum atomic E-state index is 11.7. The Labute approximate surface area is 118 Å². The van der Waals surface area contributed by atoms with Gasteiger partial charge in [0.15, 0.2) is 5.78 Å². The summed E-state index contributed by atoms with van der Waals surface area (Å²) in [6.07, 6.45) is 2.70. The second-order valence-electron chi connectivity index (χ2n) is 5.63. The molecule has 0 saturated heterocycles. The zero-order valence-electron chi connectivity index (χ0n) is 11.8. The molecule has 0 amide bonds. The number of carboxylic acids is 1. The van der Waals surface area contributed by atoms with Crippen LogP contribution < -0.4 is 5.32 Å². The smallest absolute Gasteiger partial charge is 0.326 e. The van der Waals surface area contributed by atoms with Gasteiger partial charge in [0.1, 0.15) is 11.9 Å². The van der Waals surface area contributed by atoms with E-state index in [1.165, 1.54) is 0 Å². The number of pyridine rings is 1. The molecular weight excluding hydrogens is 256 g/mol. The number of nitrogens with one attached hydrogen (secondary N) is 1. The first-order chi connectivity index (χ1) is 9.47. The molecule has 1 atom stereocenters. The number of Topliss-reactive ketones (excluding diaryl/α,β-unsaturated/α-hetero) is 1. The van der Waals surface area contributed by atoms with Crippen molar-refractivity contribution in [3.63, 3.8) is 0 Å². The first-order valence-corrected chi connectivity index (χ1v) is 7.00. The quantitative estimate of drug-likeness (QED) is 0.863. The number of carboxylic acid groups (broad SMARTS) is 1. The molecule has 108 valence electrons. The van der Waals surface area contributed by atoms with E-state index in [2.05, 4.69) is 10.3 Å². The lowest BCUT2D eigenvalue weighted by molar-refractivity contribution is -0.138. The van der Waals surface area contributed by atoms with Crippen LogP contribution in [0, 0.1) is 5.92 Å². The van der Waals surface area contributed by atoms with E-state index < -0.39 is 12.0 Å². The van der Waals surface area contributed by atoms with Crippen LogP contribution >= 0.6 is 0 Å². The number of aryl methyl sites for hydroxylation is 1. The van der Waals surface area contributed by atoms with Crippen LogP contribution in [-0.2, 0) is 11.2 Å². The molecule has 0 unspecified atom stereocenters. The van der Waals surface area contributed by atoms with E-state index in [9.17, 15) is 14.7 Å². The first kappa shape index (κ1) is 14.5. The Bertz CT molecular complexity index is 526. The van der Waals surface area contributed by atoms with Gasteiger partial charge in [-0.05, 0) is 37.3 Å². The van der Waals surface area contributed by atoms with Crippen molar-refractivity contribution in [1.82, 2.24) is 4.98 Å². The van der Waals surface area contributed by atoms with Crippen molar-refractivity contribution in [3.8, 4) is 0 Å². The van der Waals surface area contributed by atoms with Gasteiger partial charge >= 0.3 is 5.97 Å². The van der Waals surface area contributed by atoms with Crippen molar-refractivity contribution in [3.05, 3.63) is 23.4 Å². The second kappa shape index (κ2) is 6.03. The minimum absolute atomic E-state index is 0.127. The Kier molecular flexibility index (Phi) is 4.37. The Morgan fingerprint density at radius 1 is 1.40 bits per heavy atom. The lowest BCUT2D eigenvalue weighted by Gasteiger charge is -2.19. The third-order valence-electron chi connectivity index (χ3n) is 3.42. The fourth-order valence-electron chi connectivity index (χ4n) is 2.45. The van der Waals surface area contributed by atoms with Crippen LogP contribution in [0.25, 0.3) is 0 Å². The van der Waals surface area contributed by atoms with Crippen LogP contribution in [0.15, 0.2) is 12.1 Å². The van der Waals surface area contributed by atoms with Crippen LogP contribution in [0.3, 0.4) is 0 Å². The van der Waals surface area contributed by atoms with Crippen LogP contribution in [0.2, 0.25) is 0 Å². The van der Waals surface area contributed by atoms with Crippen LogP contribution in [0.1, 0.15) is 49.2 Å². The van der Waals surface area contributed by atoms with E-state index in [1.54, 1.807) is 12.1 Å². The van der Waals surface area contributed by atoms with Gasteiger partial charge in [-0.15, -0.1) is 0 Å². The minimum atomic E-state index is -0.880. The molecule has 0 fully saturated rings. The van der Waals surface area contributed by atoms with Crippen molar-refractivity contribution in [1.29, 1.82) is 0 Å². The fourth-order valence-corrected chi connectivity index (χ4v) is 2.45. The minimum Gasteiger partial charge on any atom is -0.480 e. The number of anilines is 1. The van der Waals surface area contributed by atoms with Gasteiger partial charge in [0, 0.05) is 12.0 Å². The molecule has 0 aliphatic heterocycles. The molecule has 1 aliphatic carbocycles. The first-order valence-electron chi connectivity index (χ1n) is 7.00. The summed E-state index contributed by atoms with van der Waals surface area (Å²) in [5.41, 5.74) is 1.46. The number of fused-ring (bicyclic) bond motifs is 1. The van der Waals surface area contributed by atoms with Gasteiger partial charge in [-0.2, -0.15) is 0 Å². The maximum absolute atomic E-state index is 11.7. The van der Waals surface area contributed by atoms with Gasteiger partial charge in [-0.3, -0.25) is 4.79 Å². The Morgan fingerprint density at radius 3 is 2.80 bits per heavy atom. The van der Waals surface area contributed by atoms with Gasteiger partial charge in [-0.25, -0.2) is 9.78 Å². The summed E-state index contributed by atoms with van der Waals surface area (Å²) < 4.78 is 0. The average molecular weight is 276 g/mol. The summed E-state index contributed by atoms with van der Waals surface area (Å²) in [6, 6.07) is 2.79. The molecule has 20 heavy (non-hydrogen) atoms. The molecule has 1 aromatic heterocycles. The molecule has 5 nitrogen and oxygen atoms in total. The topological polar surface area (TPSA) is 79.3 Å². The molecule has 5 heteroatoms. The highest BCUT2D eigenvalue weighted by Gasteiger charge is 2.22. The van der Waals surface area contributed by atoms with E-state index in [4.69, 9.17) is 0 Å². The van der Waals surface area contributed by atoms with Gasteiger partial charge in [0.25, 0.3) is 0 Å². The highest BCUT2D eigenvalue weighted by atomic mass is 16.4. The van der Waals surface area contributed by atoms with Crippen LogP contribution in [-0.4, -0.2) is 27.9 Å². The van der Waals surface area contributed by atoms with Gasteiger partial charge < -0.3 is 10.4 Å². The molecule has 0 bridgehead atoms. The summed E-state index contributed by atoms with van der Waals surface area (Å²) in [4.78, 5) is 27.4. The summed E-state index contributed by atoms with van der Waals surface area (Å²) in [6.45, 7) is 3.97. The average Bonchev–Trinajstić information content (AvgIpc) is 2.37. The van der Waals surface area contributed by atoms with Crippen molar-refractivity contribution in [2.24, 2.45) is 5.92 Å². The van der Waals surface area contributed by atoms with Gasteiger partial charge in [0.05, 0.1) is 5.69 Å². The van der Waals surface area contributed by atoms with Gasteiger partial charge in [0.2, 0.25) is 0 Å². The molecular formula is C15H20N2O3. The number of ketones is 1. The third-order valence-corrected chi connectivity index (χ3v) is 3.42. The van der Waals surface area contributed by atoms with Crippen LogP contribution in [0.4, 0.5) is 5.82 Å². The largest absolute Gasteiger partial charge is 0.480 e. The Balaban J connectivity index is 2.16. The summed E-state index contributed by atoms with van der Waals surface area (Å²) >= 11 is 0. The number of aromatic nitrogens is 1. The Morgan fingerprint density at radius 2 is 2.15 bits per heavy atom. The van der Waals surface area contributed by atoms with E-state index in [1.807, 2.05) is 13.8 Å². The lowest BCUT2D eigenvalue weighted by atomic mass is 9.95. The number of aliphatic carboxylic acids is 1. The SMILES string of the molecule is CC(C)C[C@H](Nc1ccc2c(n1)CCCC2=O)C(=O)O. The molecule has 0 saturated carbocycles. The van der Waals surface area contributed by atoms with Crippen LogP contribution in [0.5, 0.6) is 0 Å². The summed E-state index contributed by atoms with van der Waals surface area (Å²) in [5, 5.41) is 12.2. The molecule has 1 aromatic rings. The molecule has 0 radical (unpaired) electrons. The lowest BCUT2D eigenvalue weighted by Crippen LogP contribution is -2.31. The van der Waals surface area contributed by atoms with Gasteiger partial charge in [-0.1, -0.05) is 13.8 Å². The predicted molar refractivity (Wildman–Crippen MR) is 76.0 cm³/mol. The molecule has 0 spiro atoms. The fraction of sp³-hybridized carbons (Fsp3) is 0.533. The molecule has 2 N–H and O–H groups in total. The van der Waals surface area contributed by atoms with E-state index >= 15 is 0 Å². The van der Waals surface area contributed by atoms with Crippen molar-refractivity contribution in [2.75, 3.05) is 5.32 Å². The second-order valence-corrected chi connectivity index (χ2v) is 5.63. The summed E-state index contributed by atoms with van der Waals surface area (Å²) in [7, 11) is 0. The number of carbonyl (C=O) groups excluding carboxylic acids is 1. The normalized spacial score (nSPS) is 15.8. The maximum Gasteiger partial charge on any atom is 0.326 e.